The number of aliphatic hydroxyl groups excluding tert-OH is 1. The first-order valence-electron chi connectivity index (χ1n) is 9.46. The molecular formula is C21H27FN2O4. The van der Waals surface area contributed by atoms with Crippen LogP contribution in [0.15, 0.2) is 53.4 Å². The number of nitrogens with zero attached hydrogens (tertiary/aromatic N) is 2. The molecule has 3 rings (SSSR count). The zero-order valence-corrected chi connectivity index (χ0v) is 16.0. The van der Waals surface area contributed by atoms with E-state index in [2.05, 4.69) is 22.2 Å². The van der Waals surface area contributed by atoms with E-state index in [9.17, 15) is 14.3 Å². The smallest absolute Gasteiger partial charge is 0.303 e. The average Bonchev–Trinajstić information content (AvgIpc) is 3.24. The summed E-state index contributed by atoms with van der Waals surface area (Å²) < 4.78 is 18.2. The van der Waals surface area contributed by atoms with Gasteiger partial charge in [0.25, 0.3) is 0 Å². The molecule has 152 valence electrons. The summed E-state index contributed by atoms with van der Waals surface area (Å²) >= 11 is 0. The lowest BCUT2D eigenvalue weighted by Crippen LogP contribution is -2.25. The van der Waals surface area contributed by atoms with Gasteiger partial charge >= 0.3 is 5.97 Å². The topological polar surface area (TPSA) is 86.8 Å². The third-order valence-electron chi connectivity index (χ3n) is 4.51. The van der Waals surface area contributed by atoms with Crippen LogP contribution in [0, 0.1) is 5.82 Å². The van der Waals surface area contributed by atoms with Gasteiger partial charge in [-0.15, -0.1) is 0 Å². The monoisotopic (exact) mass is 390 g/mol. The quantitative estimate of drug-likeness (QED) is 0.740. The number of carboxylic acids is 1. The van der Waals surface area contributed by atoms with Crippen molar-refractivity contribution in [2.75, 3.05) is 13.1 Å². The highest BCUT2D eigenvalue weighted by Crippen LogP contribution is 2.25. The Hall–Kier alpha value is -2.67. The Labute approximate surface area is 164 Å². The van der Waals surface area contributed by atoms with E-state index in [-0.39, 0.29) is 18.2 Å². The number of hydrogen-bond donors (Lipinski definition) is 2. The Balaban J connectivity index is 0.000000500. The van der Waals surface area contributed by atoms with E-state index in [0.29, 0.717) is 6.42 Å². The zero-order valence-electron chi connectivity index (χ0n) is 16.0. The van der Waals surface area contributed by atoms with Crippen LogP contribution in [0.2, 0.25) is 0 Å². The number of hydrogen-bond acceptors (Lipinski definition) is 5. The van der Waals surface area contributed by atoms with Crippen molar-refractivity contribution in [3.63, 3.8) is 0 Å². The molecule has 1 aliphatic rings. The molecule has 2 aromatic rings. The van der Waals surface area contributed by atoms with Gasteiger partial charge in [0.05, 0.1) is 18.2 Å². The average molecular weight is 390 g/mol. The number of oxazole rings is 1. The van der Waals surface area contributed by atoms with Crippen molar-refractivity contribution < 1.29 is 23.8 Å². The van der Waals surface area contributed by atoms with Crippen LogP contribution in [0.1, 0.15) is 56.1 Å². The van der Waals surface area contributed by atoms with Crippen LogP contribution < -0.4 is 0 Å². The molecule has 1 aromatic carbocycles. The number of allylic oxidation sites excluding steroid dienone is 1. The van der Waals surface area contributed by atoms with Crippen molar-refractivity contribution in [1.29, 1.82) is 0 Å². The van der Waals surface area contributed by atoms with Crippen molar-refractivity contribution in [2.24, 2.45) is 0 Å². The van der Waals surface area contributed by atoms with E-state index in [1.54, 1.807) is 31.5 Å². The molecule has 0 radical (unpaired) electrons. The molecule has 1 aromatic heterocycles. The van der Waals surface area contributed by atoms with Crippen LogP contribution in [0.3, 0.4) is 0 Å². The minimum Gasteiger partial charge on any atom is -0.481 e. The van der Waals surface area contributed by atoms with E-state index in [4.69, 9.17) is 9.52 Å². The molecule has 0 fully saturated rings. The molecule has 0 spiro atoms. The fourth-order valence-electron chi connectivity index (χ4n) is 2.85. The summed E-state index contributed by atoms with van der Waals surface area (Å²) in [7, 11) is 0. The van der Waals surface area contributed by atoms with Gasteiger partial charge in [-0.2, -0.15) is 0 Å². The molecule has 2 unspecified atom stereocenters. The summed E-state index contributed by atoms with van der Waals surface area (Å²) in [6, 6.07) is 6.05. The second-order valence-corrected chi connectivity index (χ2v) is 6.60. The maximum absolute atomic E-state index is 12.9. The molecule has 0 saturated heterocycles. The van der Waals surface area contributed by atoms with Gasteiger partial charge in [0.15, 0.2) is 0 Å². The number of benzene rings is 1. The maximum atomic E-state index is 12.9. The summed E-state index contributed by atoms with van der Waals surface area (Å²) in [6.45, 7) is 3.45. The van der Waals surface area contributed by atoms with Gasteiger partial charge in [-0.25, -0.2) is 9.37 Å². The SMILES string of the molecule is CCC(=O)O.OC(CCCN1C=CC(c2ncco2)CC1)c1ccc(F)cc1. The number of rotatable bonds is 7. The first kappa shape index (κ1) is 21.6. The highest BCUT2D eigenvalue weighted by molar-refractivity contribution is 5.66. The zero-order chi connectivity index (χ0) is 20.4. The van der Waals surface area contributed by atoms with Crippen LogP contribution in [-0.2, 0) is 4.79 Å². The third-order valence-corrected chi connectivity index (χ3v) is 4.51. The summed E-state index contributed by atoms with van der Waals surface area (Å²) in [4.78, 5) is 15.8. The van der Waals surface area contributed by atoms with Gasteiger partial charge in [0.1, 0.15) is 12.1 Å². The summed E-state index contributed by atoms with van der Waals surface area (Å²) in [5.41, 5.74) is 0.768. The van der Waals surface area contributed by atoms with Crippen LogP contribution in [0.25, 0.3) is 0 Å². The first-order valence-corrected chi connectivity index (χ1v) is 9.46. The molecule has 28 heavy (non-hydrogen) atoms. The first-order chi connectivity index (χ1) is 13.5. The van der Waals surface area contributed by atoms with Crippen molar-refractivity contribution >= 4 is 5.97 Å². The summed E-state index contributed by atoms with van der Waals surface area (Å²) in [5.74, 6) is 0.00342. The number of aliphatic carboxylic acids is 1. The fraction of sp³-hybridized carbons (Fsp3) is 0.429. The Kier molecular flexibility index (Phi) is 8.68. The lowest BCUT2D eigenvalue weighted by atomic mass is 10.0. The summed E-state index contributed by atoms with van der Waals surface area (Å²) in [5, 5.41) is 17.9. The molecule has 0 bridgehead atoms. The Morgan fingerprint density at radius 1 is 1.39 bits per heavy atom. The van der Waals surface area contributed by atoms with Crippen molar-refractivity contribution in [3.05, 3.63) is 66.3 Å². The van der Waals surface area contributed by atoms with Gasteiger partial charge in [0, 0.05) is 19.5 Å². The Morgan fingerprint density at radius 2 is 2.11 bits per heavy atom. The molecule has 2 heterocycles. The predicted molar refractivity (Wildman–Crippen MR) is 103 cm³/mol. The van der Waals surface area contributed by atoms with Crippen molar-refractivity contribution in [3.8, 4) is 0 Å². The number of carboxylic acid groups (broad SMARTS) is 1. The van der Waals surface area contributed by atoms with Crippen molar-refractivity contribution in [2.45, 2.75) is 44.6 Å². The Bertz CT molecular complexity index is 731. The molecule has 2 N–H and O–H groups in total. The van der Waals surface area contributed by atoms with Crippen LogP contribution in [0.4, 0.5) is 4.39 Å². The Morgan fingerprint density at radius 3 is 2.64 bits per heavy atom. The van der Waals surface area contributed by atoms with Gasteiger partial charge in [-0.05, 0) is 43.2 Å². The number of aromatic nitrogens is 1. The molecular weight excluding hydrogens is 363 g/mol. The largest absolute Gasteiger partial charge is 0.481 e. The van der Waals surface area contributed by atoms with Gasteiger partial charge in [0.2, 0.25) is 5.89 Å². The highest BCUT2D eigenvalue weighted by Gasteiger charge is 2.18. The standard InChI is InChI=1S/C18H21FN2O2.C3H6O2/c19-16-5-3-14(4-6-16)17(22)2-1-10-21-11-7-15(8-12-21)18-20-9-13-23-18;1-2-3(4)5/h3-7,9,11,13,15,17,22H,1-2,8,10,12H2;2H2,1H3,(H,4,5). The number of carbonyl (C=O) groups is 1. The molecule has 7 heteroatoms. The van der Waals surface area contributed by atoms with Crippen LogP contribution in [-0.4, -0.2) is 39.2 Å². The van der Waals surface area contributed by atoms with Crippen LogP contribution in [0.5, 0.6) is 0 Å². The van der Waals surface area contributed by atoms with Gasteiger partial charge in [-0.1, -0.05) is 25.1 Å². The second-order valence-electron chi connectivity index (χ2n) is 6.60. The minimum absolute atomic E-state index is 0.222. The maximum Gasteiger partial charge on any atom is 0.303 e. The van der Waals surface area contributed by atoms with Gasteiger partial charge < -0.3 is 19.5 Å². The van der Waals surface area contributed by atoms with E-state index >= 15 is 0 Å². The predicted octanol–water partition coefficient (Wildman–Crippen LogP) is 4.11. The minimum atomic E-state index is -0.745. The highest BCUT2D eigenvalue weighted by atomic mass is 19.1. The molecule has 2 atom stereocenters. The molecule has 6 nitrogen and oxygen atoms in total. The molecule has 0 amide bonds. The third kappa shape index (κ3) is 7.15. The van der Waals surface area contributed by atoms with E-state index in [1.807, 2.05) is 0 Å². The molecule has 0 saturated carbocycles. The number of halogens is 1. The van der Waals surface area contributed by atoms with E-state index in [0.717, 1.165) is 37.4 Å². The number of aliphatic hydroxyl groups is 1. The van der Waals surface area contributed by atoms with Crippen molar-refractivity contribution in [1.82, 2.24) is 9.88 Å². The van der Waals surface area contributed by atoms with E-state index < -0.39 is 12.1 Å². The lowest BCUT2D eigenvalue weighted by Gasteiger charge is -2.27. The fourth-order valence-corrected chi connectivity index (χ4v) is 2.85. The van der Waals surface area contributed by atoms with Gasteiger partial charge in [-0.3, -0.25) is 4.79 Å². The molecule has 1 aliphatic heterocycles. The second kappa shape index (κ2) is 11.2. The molecule has 0 aliphatic carbocycles. The van der Waals surface area contributed by atoms with Crippen LogP contribution >= 0.6 is 0 Å². The lowest BCUT2D eigenvalue weighted by molar-refractivity contribution is -0.136. The van der Waals surface area contributed by atoms with E-state index in [1.165, 1.54) is 12.1 Å². The summed E-state index contributed by atoms with van der Waals surface area (Å²) in [6.07, 6.45) is 9.69. The normalized spacial score (nSPS) is 17.0.